The van der Waals surface area contributed by atoms with Crippen molar-refractivity contribution in [3.63, 3.8) is 0 Å². The predicted octanol–water partition coefficient (Wildman–Crippen LogP) is 2.28. The van der Waals surface area contributed by atoms with E-state index in [0.717, 1.165) is 61.6 Å². The zero-order valence-electron chi connectivity index (χ0n) is 17.3. The molecule has 2 aliphatic rings. The Kier molecular flexibility index (Phi) is 5.35. The monoisotopic (exact) mass is 383 g/mol. The van der Waals surface area contributed by atoms with Gasteiger partial charge in [-0.15, -0.1) is 0 Å². The van der Waals surface area contributed by atoms with Crippen molar-refractivity contribution >= 4 is 29.3 Å². The maximum absolute atomic E-state index is 6.31. The number of rotatable bonds is 5. The Bertz CT molecular complexity index is 821. The molecule has 6 nitrogen and oxygen atoms in total. The number of para-hydroxylation sites is 1. The molecule has 28 heavy (non-hydrogen) atoms. The summed E-state index contributed by atoms with van der Waals surface area (Å²) in [7, 11) is -0.405. The van der Waals surface area contributed by atoms with E-state index in [0.29, 0.717) is 0 Å². The topological polar surface area (TPSA) is 55.9 Å². The van der Waals surface area contributed by atoms with Crippen LogP contribution >= 0.6 is 0 Å². The van der Waals surface area contributed by atoms with E-state index in [1.807, 2.05) is 18.2 Å². The molecule has 0 saturated carbocycles. The molecule has 0 bridgehead atoms. The van der Waals surface area contributed by atoms with Crippen LogP contribution in [0.15, 0.2) is 30.3 Å². The third-order valence-electron chi connectivity index (χ3n) is 6.09. The molecule has 1 aromatic heterocycles. The van der Waals surface area contributed by atoms with Crippen molar-refractivity contribution in [1.29, 1.82) is 0 Å². The molecule has 150 valence electrons. The minimum atomic E-state index is -0.405. The first-order valence-electron chi connectivity index (χ1n) is 10.1. The van der Waals surface area contributed by atoms with Crippen molar-refractivity contribution in [3.8, 4) is 0 Å². The number of aromatic nitrogens is 1. The van der Waals surface area contributed by atoms with Gasteiger partial charge in [0.05, 0.1) is 29.9 Å². The van der Waals surface area contributed by atoms with Crippen molar-refractivity contribution in [1.82, 2.24) is 9.88 Å². The SMILES string of the molecule is CC1(C)OB(c2cc(NCCN3CCOCC3)nc3ccccc23)OC1(C)C. The summed E-state index contributed by atoms with van der Waals surface area (Å²) in [5.74, 6) is 0.858. The number of pyridine rings is 1. The molecule has 0 atom stereocenters. The van der Waals surface area contributed by atoms with Gasteiger partial charge in [-0.1, -0.05) is 18.2 Å². The van der Waals surface area contributed by atoms with Crippen LogP contribution in [0.25, 0.3) is 10.9 Å². The standard InChI is InChI=1S/C21H30BN3O3/c1-20(2)21(3,4)28-22(27-20)17-15-19(24-18-8-6-5-7-16(17)18)23-9-10-25-11-13-26-14-12-25/h5-8,15H,9-14H2,1-4H3,(H,23,24). The molecule has 2 aromatic rings. The van der Waals surface area contributed by atoms with Crippen LogP contribution in [0.5, 0.6) is 0 Å². The summed E-state index contributed by atoms with van der Waals surface area (Å²) in [4.78, 5) is 7.21. The number of hydrogen-bond acceptors (Lipinski definition) is 6. The van der Waals surface area contributed by atoms with E-state index in [1.165, 1.54) is 0 Å². The van der Waals surface area contributed by atoms with Crippen LogP contribution in [0.1, 0.15) is 27.7 Å². The molecule has 0 radical (unpaired) electrons. The Hall–Kier alpha value is -1.67. The van der Waals surface area contributed by atoms with Gasteiger partial charge in [0.2, 0.25) is 0 Å². The highest BCUT2D eigenvalue weighted by Crippen LogP contribution is 2.37. The molecule has 1 aromatic carbocycles. The Morgan fingerprint density at radius 2 is 1.75 bits per heavy atom. The number of nitrogens with zero attached hydrogens (tertiary/aromatic N) is 2. The van der Waals surface area contributed by atoms with Crippen molar-refractivity contribution in [3.05, 3.63) is 30.3 Å². The van der Waals surface area contributed by atoms with Crippen LogP contribution in [-0.4, -0.2) is 67.6 Å². The van der Waals surface area contributed by atoms with Gasteiger partial charge in [-0.05, 0) is 45.3 Å². The zero-order chi connectivity index (χ0) is 19.8. The molecule has 1 N–H and O–H groups in total. The van der Waals surface area contributed by atoms with E-state index in [9.17, 15) is 0 Å². The number of fused-ring (bicyclic) bond motifs is 1. The maximum atomic E-state index is 6.31. The maximum Gasteiger partial charge on any atom is 0.495 e. The highest BCUT2D eigenvalue weighted by Gasteiger charge is 2.52. The lowest BCUT2D eigenvalue weighted by atomic mass is 9.77. The minimum Gasteiger partial charge on any atom is -0.399 e. The molecule has 4 rings (SSSR count). The Morgan fingerprint density at radius 1 is 1.07 bits per heavy atom. The number of ether oxygens (including phenoxy) is 1. The summed E-state index contributed by atoms with van der Waals surface area (Å²) in [6.07, 6.45) is 0. The minimum absolute atomic E-state index is 0.369. The quantitative estimate of drug-likeness (QED) is 0.800. The normalized spacial score (nSPS) is 21.9. The molecule has 7 heteroatoms. The predicted molar refractivity (Wildman–Crippen MR) is 113 cm³/mol. The molecule has 0 spiro atoms. The van der Waals surface area contributed by atoms with Gasteiger partial charge in [0.15, 0.2) is 0 Å². The lowest BCUT2D eigenvalue weighted by Gasteiger charge is -2.32. The Morgan fingerprint density at radius 3 is 2.46 bits per heavy atom. The average molecular weight is 383 g/mol. The van der Waals surface area contributed by atoms with Crippen molar-refractivity contribution in [2.75, 3.05) is 44.7 Å². The summed E-state index contributed by atoms with van der Waals surface area (Å²) in [6, 6.07) is 10.2. The zero-order valence-corrected chi connectivity index (χ0v) is 17.3. The third kappa shape index (κ3) is 3.89. The van der Waals surface area contributed by atoms with Crippen molar-refractivity contribution in [2.45, 2.75) is 38.9 Å². The molecule has 2 fully saturated rings. The van der Waals surface area contributed by atoms with Gasteiger partial charge in [0.25, 0.3) is 0 Å². The molecular formula is C21H30BN3O3. The molecule has 3 heterocycles. The summed E-state index contributed by atoms with van der Waals surface area (Å²) in [5, 5.41) is 4.55. The molecule has 0 amide bonds. The van der Waals surface area contributed by atoms with E-state index in [2.05, 4.69) is 50.0 Å². The van der Waals surface area contributed by atoms with Gasteiger partial charge in [0, 0.05) is 31.6 Å². The summed E-state index contributed by atoms with van der Waals surface area (Å²) in [5.41, 5.74) is 1.24. The van der Waals surface area contributed by atoms with Crippen LogP contribution in [0.2, 0.25) is 0 Å². The second-order valence-electron chi connectivity index (χ2n) is 8.58. The summed E-state index contributed by atoms with van der Waals surface area (Å²) in [6.45, 7) is 13.8. The fourth-order valence-electron chi connectivity index (χ4n) is 3.62. The fourth-order valence-corrected chi connectivity index (χ4v) is 3.62. The number of morpholine rings is 1. The van der Waals surface area contributed by atoms with Crippen LogP contribution < -0.4 is 10.8 Å². The Labute approximate surface area is 167 Å². The molecule has 0 aliphatic carbocycles. The third-order valence-corrected chi connectivity index (χ3v) is 6.09. The Balaban J connectivity index is 1.56. The first kappa shape index (κ1) is 19.6. The first-order chi connectivity index (χ1) is 13.4. The van der Waals surface area contributed by atoms with E-state index >= 15 is 0 Å². The second-order valence-corrected chi connectivity index (χ2v) is 8.58. The average Bonchev–Trinajstić information content (AvgIpc) is 2.89. The lowest BCUT2D eigenvalue weighted by Crippen LogP contribution is -2.41. The van der Waals surface area contributed by atoms with Gasteiger partial charge < -0.3 is 19.4 Å². The van der Waals surface area contributed by atoms with E-state index in [4.69, 9.17) is 19.0 Å². The summed E-state index contributed by atoms with van der Waals surface area (Å²) >= 11 is 0. The van der Waals surface area contributed by atoms with E-state index < -0.39 is 7.12 Å². The molecular weight excluding hydrogens is 353 g/mol. The van der Waals surface area contributed by atoms with E-state index in [1.54, 1.807) is 0 Å². The van der Waals surface area contributed by atoms with Crippen LogP contribution in [0.3, 0.4) is 0 Å². The highest BCUT2D eigenvalue weighted by atomic mass is 16.7. The second kappa shape index (κ2) is 7.63. The van der Waals surface area contributed by atoms with Crippen LogP contribution in [-0.2, 0) is 14.0 Å². The highest BCUT2D eigenvalue weighted by molar-refractivity contribution is 6.65. The van der Waals surface area contributed by atoms with Crippen LogP contribution in [0.4, 0.5) is 5.82 Å². The molecule has 0 unspecified atom stereocenters. The van der Waals surface area contributed by atoms with Gasteiger partial charge in [0.1, 0.15) is 5.82 Å². The van der Waals surface area contributed by atoms with Gasteiger partial charge in [-0.2, -0.15) is 0 Å². The summed E-state index contributed by atoms with van der Waals surface area (Å²) < 4.78 is 18.0. The largest absolute Gasteiger partial charge is 0.495 e. The van der Waals surface area contributed by atoms with Gasteiger partial charge in [-0.25, -0.2) is 4.98 Å². The number of benzene rings is 1. The smallest absolute Gasteiger partial charge is 0.399 e. The number of hydrogen-bond donors (Lipinski definition) is 1. The van der Waals surface area contributed by atoms with Gasteiger partial charge in [-0.3, -0.25) is 4.90 Å². The van der Waals surface area contributed by atoms with Crippen LogP contribution in [0, 0.1) is 0 Å². The first-order valence-corrected chi connectivity index (χ1v) is 10.1. The molecule has 2 saturated heterocycles. The number of anilines is 1. The lowest BCUT2D eigenvalue weighted by molar-refractivity contribution is 0.00578. The number of nitrogens with one attached hydrogen (secondary N) is 1. The van der Waals surface area contributed by atoms with Gasteiger partial charge >= 0.3 is 7.12 Å². The van der Waals surface area contributed by atoms with Crippen molar-refractivity contribution in [2.24, 2.45) is 0 Å². The molecule has 2 aliphatic heterocycles. The fraction of sp³-hybridized carbons (Fsp3) is 0.571. The van der Waals surface area contributed by atoms with Crippen molar-refractivity contribution < 1.29 is 14.0 Å². The van der Waals surface area contributed by atoms with E-state index in [-0.39, 0.29) is 11.2 Å².